The third-order valence-electron chi connectivity index (χ3n) is 2.78. The quantitative estimate of drug-likeness (QED) is 0.882. The minimum absolute atomic E-state index is 0.106. The first-order chi connectivity index (χ1) is 10.1. The zero-order valence-corrected chi connectivity index (χ0v) is 11.5. The minimum Gasteiger partial charge on any atom is -0.331 e. The second kappa shape index (κ2) is 6.51. The molecule has 2 amide bonds. The summed E-state index contributed by atoms with van der Waals surface area (Å²) in [7, 11) is 1.50. The van der Waals surface area contributed by atoms with Crippen molar-refractivity contribution < 1.29 is 9.59 Å². The van der Waals surface area contributed by atoms with Crippen LogP contribution in [0.15, 0.2) is 53.3 Å². The molecule has 0 radical (unpaired) electrons. The fourth-order valence-corrected chi connectivity index (χ4v) is 1.79. The fourth-order valence-electron chi connectivity index (χ4n) is 1.79. The SMILES string of the molecule is CN(CC(=O)Nc1ccccc1)C(=O)c1cccc(=O)[nH]1. The zero-order chi connectivity index (χ0) is 15.2. The molecule has 0 unspecified atom stereocenters. The molecule has 2 N–H and O–H groups in total. The molecule has 0 aliphatic rings. The Labute approximate surface area is 121 Å². The number of amides is 2. The highest BCUT2D eigenvalue weighted by atomic mass is 16.2. The van der Waals surface area contributed by atoms with E-state index in [1.807, 2.05) is 6.07 Å². The molecule has 108 valence electrons. The van der Waals surface area contributed by atoms with Crippen molar-refractivity contribution in [2.24, 2.45) is 0 Å². The molecular formula is C15H15N3O3. The van der Waals surface area contributed by atoms with Crippen LogP contribution in [-0.4, -0.2) is 35.3 Å². The molecule has 1 heterocycles. The number of hydrogen-bond acceptors (Lipinski definition) is 3. The lowest BCUT2D eigenvalue weighted by atomic mass is 10.3. The van der Waals surface area contributed by atoms with Crippen molar-refractivity contribution in [3.05, 3.63) is 64.6 Å². The van der Waals surface area contributed by atoms with Crippen molar-refractivity contribution in [3.8, 4) is 0 Å². The molecule has 0 aliphatic heterocycles. The van der Waals surface area contributed by atoms with Crippen LogP contribution in [0.1, 0.15) is 10.5 Å². The zero-order valence-electron chi connectivity index (χ0n) is 11.5. The summed E-state index contributed by atoms with van der Waals surface area (Å²) in [4.78, 5) is 38.8. The van der Waals surface area contributed by atoms with Gasteiger partial charge in [-0.15, -0.1) is 0 Å². The summed E-state index contributed by atoms with van der Waals surface area (Å²) in [6, 6.07) is 13.3. The van der Waals surface area contributed by atoms with Crippen molar-refractivity contribution >= 4 is 17.5 Å². The van der Waals surface area contributed by atoms with Gasteiger partial charge in [0.25, 0.3) is 5.91 Å². The van der Waals surface area contributed by atoms with Crippen LogP contribution in [0.5, 0.6) is 0 Å². The van der Waals surface area contributed by atoms with Crippen LogP contribution in [0.4, 0.5) is 5.69 Å². The first kappa shape index (κ1) is 14.5. The van der Waals surface area contributed by atoms with E-state index in [-0.39, 0.29) is 23.7 Å². The number of aromatic amines is 1. The molecule has 0 atom stereocenters. The number of rotatable bonds is 4. The molecule has 1 aromatic heterocycles. The average Bonchev–Trinajstić information content (AvgIpc) is 2.47. The van der Waals surface area contributed by atoms with Gasteiger partial charge in [0, 0.05) is 18.8 Å². The number of carbonyl (C=O) groups is 2. The first-order valence-corrected chi connectivity index (χ1v) is 6.36. The van der Waals surface area contributed by atoms with E-state index in [0.29, 0.717) is 5.69 Å². The number of likely N-dealkylation sites (N-methyl/N-ethyl adjacent to an activating group) is 1. The molecule has 0 saturated carbocycles. The second-order valence-corrected chi connectivity index (χ2v) is 4.50. The van der Waals surface area contributed by atoms with Gasteiger partial charge in [-0.3, -0.25) is 14.4 Å². The lowest BCUT2D eigenvalue weighted by Crippen LogP contribution is -2.35. The van der Waals surface area contributed by atoms with Crippen LogP contribution in [0.25, 0.3) is 0 Å². The summed E-state index contributed by atoms with van der Waals surface area (Å²) in [5.74, 6) is -0.730. The fraction of sp³-hybridized carbons (Fsp3) is 0.133. The third-order valence-corrected chi connectivity index (χ3v) is 2.78. The molecule has 6 nitrogen and oxygen atoms in total. The third kappa shape index (κ3) is 4.04. The molecule has 0 aliphatic carbocycles. The van der Waals surface area contributed by atoms with E-state index in [1.165, 1.54) is 30.1 Å². The Morgan fingerprint density at radius 2 is 1.81 bits per heavy atom. The van der Waals surface area contributed by atoms with E-state index in [2.05, 4.69) is 10.3 Å². The van der Waals surface area contributed by atoms with Crippen LogP contribution < -0.4 is 10.9 Å². The van der Waals surface area contributed by atoms with Crippen LogP contribution in [-0.2, 0) is 4.79 Å². The average molecular weight is 285 g/mol. The number of nitrogens with zero attached hydrogens (tertiary/aromatic N) is 1. The summed E-state index contributed by atoms with van der Waals surface area (Å²) < 4.78 is 0. The van der Waals surface area contributed by atoms with Crippen molar-refractivity contribution in [2.45, 2.75) is 0 Å². The van der Waals surface area contributed by atoms with E-state index < -0.39 is 5.91 Å². The molecule has 0 saturated heterocycles. The maximum atomic E-state index is 12.1. The van der Waals surface area contributed by atoms with E-state index in [1.54, 1.807) is 24.3 Å². The number of benzene rings is 1. The van der Waals surface area contributed by atoms with Gasteiger partial charge in [-0.1, -0.05) is 24.3 Å². The molecule has 21 heavy (non-hydrogen) atoms. The van der Waals surface area contributed by atoms with Crippen molar-refractivity contribution in [3.63, 3.8) is 0 Å². The molecular weight excluding hydrogens is 270 g/mol. The van der Waals surface area contributed by atoms with Crippen LogP contribution in [0.3, 0.4) is 0 Å². The minimum atomic E-state index is -0.420. The number of carbonyl (C=O) groups excluding carboxylic acids is 2. The molecule has 0 bridgehead atoms. The topological polar surface area (TPSA) is 82.3 Å². The Morgan fingerprint density at radius 3 is 2.48 bits per heavy atom. The highest BCUT2D eigenvalue weighted by Gasteiger charge is 2.15. The predicted octanol–water partition coefficient (Wildman–Crippen LogP) is 1.09. The first-order valence-electron chi connectivity index (χ1n) is 6.36. The van der Waals surface area contributed by atoms with Gasteiger partial charge in [0.05, 0.1) is 6.54 Å². The van der Waals surface area contributed by atoms with E-state index in [9.17, 15) is 14.4 Å². The van der Waals surface area contributed by atoms with Crippen LogP contribution in [0.2, 0.25) is 0 Å². The van der Waals surface area contributed by atoms with Crippen LogP contribution >= 0.6 is 0 Å². The monoisotopic (exact) mass is 285 g/mol. The predicted molar refractivity (Wildman–Crippen MR) is 79.1 cm³/mol. The summed E-state index contributed by atoms with van der Waals surface area (Å²) in [5, 5.41) is 2.69. The number of hydrogen-bond donors (Lipinski definition) is 2. The van der Waals surface area contributed by atoms with Crippen LogP contribution in [0, 0.1) is 0 Å². The van der Waals surface area contributed by atoms with E-state index in [4.69, 9.17) is 0 Å². The number of anilines is 1. The smallest absolute Gasteiger partial charge is 0.270 e. The second-order valence-electron chi connectivity index (χ2n) is 4.50. The van der Waals surface area contributed by atoms with Gasteiger partial charge in [0.2, 0.25) is 11.5 Å². The largest absolute Gasteiger partial charge is 0.331 e. The van der Waals surface area contributed by atoms with Crippen molar-refractivity contribution in [1.29, 1.82) is 0 Å². The van der Waals surface area contributed by atoms with Gasteiger partial charge in [-0.05, 0) is 18.2 Å². The number of para-hydroxylation sites is 1. The maximum absolute atomic E-state index is 12.1. The van der Waals surface area contributed by atoms with Gasteiger partial charge >= 0.3 is 0 Å². The lowest BCUT2D eigenvalue weighted by molar-refractivity contribution is -0.116. The van der Waals surface area contributed by atoms with Crippen molar-refractivity contribution in [2.75, 3.05) is 18.9 Å². The van der Waals surface area contributed by atoms with Gasteiger partial charge in [0.1, 0.15) is 5.69 Å². The Bertz CT molecular complexity index is 695. The number of aromatic nitrogens is 1. The Hall–Kier alpha value is -2.89. The van der Waals surface area contributed by atoms with Gasteiger partial charge in [0.15, 0.2) is 0 Å². The molecule has 0 spiro atoms. The number of H-pyrrole nitrogens is 1. The Morgan fingerprint density at radius 1 is 1.10 bits per heavy atom. The molecule has 6 heteroatoms. The summed E-state index contributed by atoms with van der Waals surface area (Å²) >= 11 is 0. The normalized spacial score (nSPS) is 9.95. The Kier molecular flexibility index (Phi) is 4.50. The molecule has 2 aromatic rings. The molecule has 0 fully saturated rings. The van der Waals surface area contributed by atoms with E-state index in [0.717, 1.165) is 0 Å². The summed E-state index contributed by atoms with van der Waals surface area (Å²) in [5.41, 5.74) is 0.456. The Balaban J connectivity index is 1.97. The summed E-state index contributed by atoms with van der Waals surface area (Å²) in [6.45, 7) is -0.106. The van der Waals surface area contributed by atoms with Gasteiger partial charge in [-0.2, -0.15) is 0 Å². The number of nitrogens with one attached hydrogen (secondary N) is 2. The lowest BCUT2D eigenvalue weighted by Gasteiger charge is -2.16. The molecule has 1 aromatic carbocycles. The maximum Gasteiger partial charge on any atom is 0.270 e. The summed E-state index contributed by atoms with van der Waals surface area (Å²) in [6.07, 6.45) is 0. The van der Waals surface area contributed by atoms with E-state index >= 15 is 0 Å². The highest BCUT2D eigenvalue weighted by molar-refractivity contribution is 5.98. The van der Waals surface area contributed by atoms with Gasteiger partial charge in [-0.25, -0.2) is 0 Å². The standard InChI is InChI=1S/C15H15N3O3/c1-18(15(21)12-8-5-9-13(19)17-12)10-14(20)16-11-6-3-2-4-7-11/h2-9H,10H2,1H3,(H,16,20)(H,17,19). The van der Waals surface area contributed by atoms with Gasteiger partial charge < -0.3 is 15.2 Å². The van der Waals surface area contributed by atoms with Crippen molar-refractivity contribution in [1.82, 2.24) is 9.88 Å². The molecule has 2 rings (SSSR count). The highest BCUT2D eigenvalue weighted by Crippen LogP contribution is 2.05. The number of pyridine rings is 1.